The van der Waals surface area contributed by atoms with Crippen LogP contribution in [0.3, 0.4) is 0 Å². The fraction of sp³-hybridized carbons (Fsp3) is 0.0213. The molecule has 228 valence electrons. The highest BCUT2D eigenvalue weighted by molar-refractivity contribution is 6.06. The van der Waals surface area contributed by atoms with E-state index < -0.39 is 5.41 Å². The Morgan fingerprint density at radius 1 is 0.388 bits per heavy atom. The number of nitrogens with zero attached hydrogens (tertiary/aromatic N) is 2. The molecule has 0 fully saturated rings. The minimum absolute atomic E-state index is 0.464. The van der Waals surface area contributed by atoms with E-state index in [4.69, 9.17) is 9.97 Å². The summed E-state index contributed by atoms with van der Waals surface area (Å²) in [5, 5.41) is 4.70. The fourth-order valence-corrected chi connectivity index (χ4v) is 8.22. The van der Waals surface area contributed by atoms with E-state index in [1.807, 2.05) is 6.07 Å². The molecule has 1 aromatic heterocycles. The van der Waals surface area contributed by atoms with Crippen molar-refractivity contribution in [2.24, 2.45) is 0 Å². The number of fused-ring (bicyclic) bond motifs is 8. The van der Waals surface area contributed by atoms with Gasteiger partial charge in [0.1, 0.15) is 0 Å². The van der Waals surface area contributed by atoms with Crippen LogP contribution in [0.1, 0.15) is 22.3 Å². The van der Waals surface area contributed by atoms with Crippen molar-refractivity contribution in [1.29, 1.82) is 0 Å². The predicted octanol–water partition coefficient (Wildman–Crippen LogP) is 11.6. The SMILES string of the molecule is c1ccc(-c2nc3c(ccc4ccccc43)nc2-c2ccc3c4c(ccc3c2)-c2ccccc2C4(c2ccccc2)c2ccccc2)cc1. The zero-order chi connectivity index (χ0) is 32.4. The molecule has 2 heteroatoms. The van der Waals surface area contributed by atoms with E-state index in [2.05, 4.69) is 176 Å². The van der Waals surface area contributed by atoms with Gasteiger partial charge in [-0.3, -0.25) is 0 Å². The lowest BCUT2D eigenvalue weighted by atomic mass is 9.66. The topological polar surface area (TPSA) is 25.8 Å². The van der Waals surface area contributed by atoms with Gasteiger partial charge in [0.15, 0.2) is 0 Å². The van der Waals surface area contributed by atoms with Crippen molar-refractivity contribution in [2.45, 2.75) is 5.41 Å². The highest BCUT2D eigenvalue weighted by Gasteiger charge is 2.46. The van der Waals surface area contributed by atoms with Crippen molar-refractivity contribution in [3.8, 4) is 33.6 Å². The molecule has 0 bridgehead atoms. The molecule has 0 aliphatic heterocycles. The molecule has 0 atom stereocenters. The predicted molar refractivity (Wildman–Crippen MR) is 203 cm³/mol. The van der Waals surface area contributed by atoms with Crippen LogP contribution < -0.4 is 0 Å². The molecule has 1 aliphatic carbocycles. The lowest BCUT2D eigenvalue weighted by Crippen LogP contribution is -2.28. The largest absolute Gasteiger partial charge is 0.244 e. The summed E-state index contributed by atoms with van der Waals surface area (Å²) >= 11 is 0. The maximum Gasteiger partial charge on any atom is 0.0973 e. The Hall–Kier alpha value is -6.38. The van der Waals surface area contributed by atoms with Crippen LogP contribution in [0.5, 0.6) is 0 Å². The molecule has 1 aliphatic rings. The lowest BCUT2D eigenvalue weighted by Gasteiger charge is -2.34. The summed E-state index contributed by atoms with van der Waals surface area (Å²) in [7, 11) is 0. The first-order valence-electron chi connectivity index (χ1n) is 16.8. The van der Waals surface area contributed by atoms with Crippen LogP contribution in [0.25, 0.3) is 66.2 Å². The zero-order valence-electron chi connectivity index (χ0n) is 26.7. The van der Waals surface area contributed by atoms with Crippen LogP contribution in [0.15, 0.2) is 182 Å². The van der Waals surface area contributed by atoms with E-state index >= 15 is 0 Å². The summed E-state index contributed by atoms with van der Waals surface area (Å²) in [5.74, 6) is 0. The lowest BCUT2D eigenvalue weighted by molar-refractivity contribution is 0.775. The third kappa shape index (κ3) is 4.07. The first-order valence-corrected chi connectivity index (χ1v) is 16.8. The summed E-state index contributed by atoms with van der Waals surface area (Å²) in [5.41, 5.74) is 13.0. The van der Waals surface area contributed by atoms with E-state index in [9.17, 15) is 0 Å². The first-order chi connectivity index (χ1) is 24.3. The molecule has 9 aromatic rings. The molecule has 0 unspecified atom stereocenters. The van der Waals surface area contributed by atoms with Gasteiger partial charge in [-0.2, -0.15) is 0 Å². The average molecular weight is 623 g/mol. The van der Waals surface area contributed by atoms with E-state index in [1.165, 1.54) is 44.2 Å². The van der Waals surface area contributed by atoms with Crippen LogP contribution in [0.2, 0.25) is 0 Å². The maximum absolute atomic E-state index is 5.35. The Bertz CT molecular complexity index is 2660. The molecule has 0 saturated carbocycles. The summed E-state index contributed by atoms with van der Waals surface area (Å²) in [6.45, 7) is 0. The second-order valence-corrected chi connectivity index (χ2v) is 12.9. The molecular weight excluding hydrogens is 593 g/mol. The number of hydrogen-bond acceptors (Lipinski definition) is 2. The monoisotopic (exact) mass is 622 g/mol. The van der Waals surface area contributed by atoms with Gasteiger partial charge < -0.3 is 0 Å². The van der Waals surface area contributed by atoms with Crippen LogP contribution in [0, 0.1) is 0 Å². The Kier molecular flexibility index (Phi) is 6.13. The summed E-state index contributed by atoms with van der Waals surface area (Å²) in [4.78, 5) is 10.7. The Morgan fingerprint density at radius 3 is 1.80 bits per heavy atom. The zero-order valence-corrected chi connectivity index (χ0v) is 26.7. The molecule has 1 heterocycles. The highest BCUT2D eigenvalue weighted by atomic mass is 14.8. The fourth-order valence-electron chi connectivity index (χ4n) is 8.22. The van der Waals surface area contributed by atoms with Crippen molar-refractivity contribution < 1.29 is 0 Å². The second-order valence-electron chi connectivity index (χ2n) is 12.9. The van der Waals surface area contributed by atoms with E-state index in [-0.39, 0.29) is 0 Å². The van der Waals surface area contributed by atoms with E-state index in [1.54, 1.807) is 0 Å². The minimum atomic E-state index is -0.464. The average Bonchev–Trinajstić information content (AvgIpc) is 3.49. The van der Waals surface area contributed by atoms with Crippen molar-refractivity contribution in [3.63, 3.8) is 0 Å². The maximum atomic E-state index is 5.35. The molecule has 8 aromatic carbocycles. The van der Waals surface area contributed by atoms with Crippen molar-refractivity contribution >= 4 is 32.6 Å². The normalized spacial score (nSPS) is 13.1. The highest BCUT2D eigenvalue weighted by Crippen LogP contribution is 2.58. The van der Waals surface area contributed by atoms with Crippen LogP contribution in [0.4, 0.5) is 0 Å². The van der Waals surface area contributed by atoms with Gasteiger partial charge in [-0.1, -0.05) is 170 Å². The molecule has 10 rings (SSSR count). The minimum Gasteiger partial charge on any atom is -0.244 e. The number of aromatic nitrogens is 2. The Morgan fingerprint density at radius 2 is 1.02 bits per heavy atom. The third-order valence-electron chi connectivity index (χ3n) is 10.3. The third-order valence-corrected chi connectivity index (χ3v) is 10.3. The van der Waals surface area contributed by atoms with Gasteiger partial charge >= 0.3 is 0 Å². The summed E-state index contributed by atoms with van der Waals surface area (Å²) < 4.78 is 0. The molecular formula is C47H30N2. The van der Waals surface area contributed by atoms with Crippen LogP contribution >= 0.6 is 0 Å². The van der Waals surface area contributed by atoms with Crippen LogP contribution in [-0.2, 0) is 5.41 Å². The standard InChI is InChI=1S/C47H30N2/c1-4-15-32(16-5-1)44-45(48-42-29-26-31-14-10-11-21-38(31)46(42)49-44)34-25-27-37-33(30-34)24-28-40-39-22-12-13-23-41(39)47(43(37)40,35-17-6-2-7-18-35)36-19-8-3-9-20-36/h1-30H. The molecule has 0 amide bonds. The Labute approximate surface area is 285 Å². The summed E-state index contributed by atoms with van der Waals surface area (Å²) in [6.07, 6.45) is 0. The van der Waals surface area contributed by atoms with Gasteiger partial charge in [0.05, 0.1) is 27.8 Å². The summed E-state index contributed by atoms with van der Waals surface area (Å²) in [6, 6.07) is 65.5. The molecule has 0 radical (unpaired) electrons. The molecule has 2 nitrogen and oxygen atoms in total. The molecule has 0 saturated heterocycles. The van der Waals surface area contributed by atoms with Crippen molar-refractivity contribution in [1.82, 2.24) is 9.97 Å². The quantitative estimate of drug-likeness (QED) is 0.183. The number of hydrogen-bond donors (Lipinski definition) is 0. The molecule has 49 heavy (non-hydrogen) atoms. The Balaban J connectivity index is 1.26. The van der Waals surface area contributed by atoms with Gasteiger partial charge in [0.2, 0.25) is 0 Å². The molecule has 0 N–H and O–H groups in total. The number of benzene rings is 8. The second kappa shape index (κ2) is 10.8. The van der Waals surface area contributed by atoms with Gasteiger partial charge in [0.25, 0.3) is 0 Å². The van der Waals surface area contributed by atoms with Gasteiger partial charge in [-0.05, 0) is 61.7 Å². The van der Waals surface area contributed by atoms with Gasteiger partial charge in [-0.25, -0.2) is 9.97 Å². The molecule has 0 spiro atoms. The van der Waals surface area contributed by atoms with Gasteiger partial charge in [0, 0.05) is 16.5 Å². The van der Waals surface area contributed by atoms with Crippen molar-refractivity contribution in [3.05, 3.63) is 204 Å². The van der Waals surface area contributed by atoms with Gasteiger partial charge in [-0.15, -0.1) is 0 Å². The number of rotatable bonds is 4. The van der Waals surface area contributed by atoms with E-state index in [0.717, 1.165) is 44.3 Å². The first kappa shape index (κ1) is 27.7. The smallest absolute Gasteiger partial charge is 0.0973 e. The van der Waals surface area contributed by atoms with E-state index in [0.29, 0.717) is 0 Å². The van der Waals surface area contributed by atoms with Crippen molar-refractivity contribution in [2.75, 3.05) is 0 Å². The van der Waals surface area contributed by atoms with Crippen LogP contribution in [-0.4, -0.2) is 9.97 Å².